The fraction of sp³-hybridized carbons (Fsp3) is 0.120. The minimum absolute atomic E-state index is 0.000975. The van der Waals surface area contributed by atoms with Crippen molar-refractivity contribution in [2.24, 2.45) is 0 Å². The maximum absolute atomic E-state index is 14.2. The SMILES string of the molecule is Cc1cc(F)c(OCc2ccc(-c3ccc4c(F)c(C)c(F)cc4c3)cc2)c(F)c1. The molecule has 0 aromatic heterocycles. The first-order valence-electron chi connectivity index (χ1n) is 9.39. The van der Waals surface area contributed by atoms with Crippen molar-refractivity contribution in [1.29, 1.82) is 0 Å². The molecule has 0 saturated heterocycles. The highest BCUT2D eigenvalue weighted by atomic mass is 19.1. The van der Waals surface area contributed by atoms with E-state index in [1.54, 1.807) is 37.3 Å². The summed E-state index contributed by atoms with van der Waals surface area (Å²) in [4.78, 5) is 0. The van der Waals surface area contributed by atoms with Crippen LogP contribution in [0.1, 0.15) is 16.7 Å². The van der Waals surface area contributed by atoms with Crippen LogP contribution in [0.5, 0.6) is 5.75 Å². The topological polar surface area (TPSA) is 9.23 Å². The molecule has 4 aromatic carbocycles. The fourth-order valence-electron chi connectivity index (χ4n) is 3.39. The molecule has 0 aliphatic heterocycles. The van der Waals surface area contributed by atoms with Crippen molar-refractivity contribution in [3.63, 3.8) is 0 Å². The zero-order valence-corrected chi connectivity index (χ0v) is 16.4. The molecule has 152 valence electrons. The predicted molar refractivity (Wildman–Crippen MR) is 109 cm³/mol. The lowest BCUT2D eigenvalue weighted by Crippen LogP contribution is -2.00. The molecule has 0 aliphatic carbocycles. The molecule has 0 aliphatic rings. The van der Waals surface area contributed by atoms with Gasteiger partial charge in [-0.25, -0.2) is 17.6 Å². The Kier molecular flexibility index (Phi) is 5.20. The van der Waals surface area contributed by atoms with Crippen LogP contribution in [0, 0.1) is 37.1 Å². The standard InChI is InChI=1S/C25H18F4O/c1-14-9-22(27)25(23(28)10-14)30-13-16-3-5-17(6-4-16)18-7-8-20-19(11-18)12-21(26)15(2)24(20)29/h3-12H,13H2,1-2H3. The number of fused-ring (bicyclic) bond motifs is 1. The smallest absolute Gasteiger partial charge is 0.191 e. The number of benzene rings is 4. The normalized spacial score (nSPS) is 11.1. The first-order chi connectivity index (χ1) is 14.3. The molecule has 1 nitrogen and oxygen atoms in total. The van der Waals surface area contributed by atoms with Gasteiger partial charge < -0.3 is 4.74 Å². The molecule has 0 spiro atoms. The van der Waals surface area contributed by atoms with E-state index in [0.29, 0.717) is 16.3 Å². The van der Waals surface area contributed by atoms with Gasteiger partial charge in [-0.3, -0.25) is 0 Å². The third kappa shape index (κ3) is 3.75. The van der Waals surface area contributed by atoms with Crippen LogP contribution in [0.3, 0.4) is 0 Å². The lowest BCUT2D eigenvalue weighted by atomic mass is 9.99. The highest BCUT2D eigenvalue weighted by Crippen LogP contribution is 2.29. The summed E-state index contributed by atoms with van der Waals surface area (Å²) in [7, 11) is 0. The minimum atomic E-state index is -0.741. The Hall–Kier alpha value is -3.34. The maximum atomic E-state index is 14.2. The summed E-state index contributed by atoms with van der Waals surface area (Å²) < 4.78 is 61.2. The maximum Gasteiger partial charge on any atom is 0.191 e. The molecule has 30 heavy (non-hydrogen) atoms. The first-order valence-corrected chi connectivity index (χ1v) is 9.39. The fourth-order valence-corrected chi connectivity index (χ4v) is 3.39. The quantitative estimate of drug-likeness (QED) is 0.322. The van der Waals surface area contributed by atoms with E-state index in [4.69, 9.17) is 4.74 Å². The van der Waals surface area contributed by atoms with E-state index in [1.165, 1.54) is 25.1 Å². The van der Waals surface area contributed by atoms with E-state index >= 15 is 0 Å². The largest absolute Gasteiger partial charge is 0.483 e. The van der Waals surface area contributed by atoms with Crippen LogP contribution < -0.4 is 4.74 Å². The molecule has 5 heteroatoms. The van der Waals surface area contributed by atoms with E-state index in [0.717, 1.165) is 16.7 Å². The number of hydrogen-bond acceptors (Lipinski definition) is 1. The molecular weight excluding hydrogens is 392 g/mol. The summed E-state index contributed by atoms with van der Waals surface area (Å²) in [5.74, 6) is -3.02. The third-order valence-corrected chi connectivity index (χ3v) is 5.07. The summed E-state index contributed by atoms with van der Waals surface area (Å²) in [5, 5.41) is 0.843. The van der Waals surface area contributed by atoms with Crippen molar-refractivity contribution in [3.05, 3.63) is 101 Å². The second-order valence-corrected chi connectivity index (χ2v) is 7.28. The molecule has 0 radical (unpaired) electrons. The van der Waals surface area contributed by atoms with Crippen LogP contribution in [-0.4, -0.2) is 0 Å². The Morgan fingerprint density at radius 3 is 2.00 bits per heavy atom. The molecule has 0 atom stereocenters. The van der Waals surface area contributed by atoms with E-state index in [9.17, 15) is 17.6 Å². The zero-order valence-electron chi connectivity index (χ0n) is 16.4. The Balaban J connectivity index is 1.56. The molecule has 4 aromatic rings. The number of aryl methyl sites for hydroxylation is 1. The van der Waals surface area contributed by atoms with Gasteiger partial charge in [-0.2, -0.15) is 0 Å². The molecule has 0 bridgehead atoms. The monoisotopic (exact) mass is 410 g/mol. The van der Waals surface area contributed by atoms with Crippen LogP contribution in [0.25, 0.3) is 21.9 Å². The Labute approximate surface area is 171 Å². The minimum Gasteiger partial charge on any atom is -0.483 e. The van der Waals surface area contributed by atoms with Crippen LogP contribution in [-0.2, 0) is 6.61 Å². The second-order valence-electron chi connectivity index (χ2n) is 7.28. The summed E-state index contributed by atoms with van der Waals surface area (Å²) >= 11 is 0. The average molecular weight is 410 g/mol. The van der Waals surface area contributed by atoms with E-state index in [1.807, 2.05) is 12.1 Å². The van der Waals surface area contributed by atoms with Gasteiger partial charge in [0.15, 0.2) is 17.4 Å². The summed E-state index contributed by atoms with van der Waals surface area (Å²) in [5.41, 5.74) is 2.85. The van der Waals surface area contributed by atoms with Crippen molar-refractivity contribution in [1.82, 2.24) is 0 Å². The summed E-state index contributed by atoms with van der Waals surface area (Å²) in [6.45, 7) is 3.02. The van der Waals surface area contributed by atoms with Crippen molar-refractivity contribution < 1.29 is 22.3 Å². The van der Waals surface area contributed by atoms with Crippen LogP contribution in [0.15, 0.2) is 60.7 Å². The van der Waals surface area contributed by atoms with Gasteiger partial charge in [0.2, 0.25) is 0 Å². The third-order valence-electron chi connectivity index (χ3n) is 5.07. The molecule has 0 amide bonds. The Morgan fingerprint density at radius 1 is 0.700 bits per heavy atom. The highest BCUT2D eigenvalue weighted by molar-refractivity contribution is 5.88. The van der Waals surface area contributed by atoms with Crippen molar-refractivity contribution in [3.8, 4) is 16.9 Å². The molecule has 0 fully saturated rings. The lowest BCUT2D eigenvalue weighted by molar-refractivity contribution is 0.274. The average Bonchev–Trinajstić information content (AvgIpc) is 2.71. The van der Waals surface area contributed by atoms with Crippen LogP contribution >= 0.6 is 0 Å². The number of hydrogen-bond donors (Lipinski definition) is 0. The van der Waals surface area contributed by atoms with Gasteiger partial charge in [-0.15, -0.1) is 0 Å². The van der Waals surface area contributed by atoms with Gasteiger partial charge in [0, 0.05) is 10.9 Å². The molecule has 0 N–H and O–H groups in total. The van der Waals surface area contributed by atoms with Crippen LogP contribution in [0.4, 0.5) is 17.6 Å². The Morgan fingerprint density at radius 2 is 1.33 bits per heavy atom. The lowest BCUT2D eigenvalue weighted by Gasteiger charge is -2.10. The van der Waals surface area contributed by atoms with Gasteiger partial charge in [-0.05, 0) is 65.8 Å². The predicted octanol–water partition coefficient (Wildman–Crippen LogP) is 7.26. The van der Waals surface area contributed by atoms with E-state index in [-0.39, 0.29) is 12.2 Å². The number of ether oxygens (including phenoxy) is 1. The van der Waals surface area contributed by atoms with Crippen molar-refractivity contribution in [2.45, 2.75) is 20.5 Å². The van der Waals surface area contributed by atoms with Gasteiger partial charge in [-0.1, -0.05) is 36.4 Å². The molecule has 0 unspecified atom stereocenters. The van der Waals surface area contributed by atoms with Crippen molar-refractivity contribution >= 4 is 10.8 Å². The molecular formula is C25H18F4O. The van der Waals surface area contributed by atoms with Gasteiger partial charge in [0.05, 0.1) is 0 Å². The highest BCUT2D eigenvalue weighted by Gasteiger charge is 2.13. The molecule has 4 rings (SSSR count). The summed E-state index contributed by atoms with van der Waals surface area (Å²) in [6.07, 6.45) is 0. The number of rotatable bonds is 4. The van der Waals surface area contributed by atoms with Gasteiger partial charge >= 0.3 is 0 Å². The molecule has 0 heterocycles. The Bertz CT molecular complexity index is 1220. The van der Waals surface area contributed by atoms with Gasteiger partial charge in [0.25, 0.3) is 0 Å². The zero-order chi connectivity index (χ0) is 21.4. The molecule has 0 saturated carbocycles. The second kappa shape index (κ2) is 7.82. The first kappa shape index (κ1) is 20.0. The van der Waals surface area contributed by atoms with E-state index < -0.39 is 29.0 Å². The van der Waals surface area contributed by atoms with E-state index in [2.05, 4.69) is 0 Å². The van der Waals surface area contributed by atoms with Crippen molar-refractivity contribution in [2.75, 3.05) is 0 Å². The van der Waals surface area contributed by atoms with Crippen LogP contribution in [0.2, 0.25) is 0 Å². The summed E-state index contributed by atoms with van der Waals surface area (Å²) in [6, 6.07) is 16.1. The van der Waals surface area contributed by atoms with Gasteiger partial charge in [0.1, 0.15) is 18.2 Å². The number of halogens is 4.